The third-order valence-electron chi connectivity index (χ3n) is 7.09. The Morgan fingerprint density at radius 3 is 2.40 bits per heavy atom. The molecule has 0 saturated carbocycles. The van der Waals surface area contributed by atoms with Crippen molar-refractivity contribution in [3.8, 4) is 5.69 Å². The van der Waals surface area contributed by atoms with E-state index < -0.39 is 0 Å². The number of benzene rings is 1. The van der Waals surface area contributed by atoms with Crippen LogP contribution in [0.1, 0.15) is 74.9 Å². The van der Waals surface area contributed by atoms with E-state index in [-0.39, 0.29) is 6.04 Å². The molecule has 4 rings (SSSR count). The average molecular weight is 404 g/mol. The van der Waals surface area contributed by atoms with E-state index in [1.165, 1.54) is 73.4 Å². The third-order valence-corrected chi connectivity index (χ3v) is 7.09. The van der Waals surface area contributed by atoms with Gasteiger partial charge in [0.25, 0.3) is 0 Å². The first-order chi connectivity index (χ1) is 14.6. The number of nitrogens with zero attached hydrogens (tertiary/aromatic N) is 3. The van der Waals surface area contributed by atoms with Gasteiger partial charge in [0.1, 0.15) is 5.82 Å². The van der Waals surface area contributed by atoms with E-state index in [0.29, 0.717) is 5.92 Å². The highest BCUT2D eigenvalue weighted by atomic mass is 15.2. The molecule has 2 heterocycles. The minimum Gasteiger partial charge on any atom is -0.302 e. The third kappa shape index (κ3) is 4.32. The lowest BCUT2D eigenvalue weighted by atomic mass is 9.82. The van der Waals surface area contributed by atoms with Gasteiger partial charge in [-0.05, 0) is 88.6 Å². The van der Waals surface area contributed by atoms with Crippen molar-refractivity contribution in [1.82, 2.24) is 14.5 Å². The van der Waals surface area contributed by atoms with Crippen LogP contribution in [0.5, 0.6) is 0 Å². The second-order valence-electron chi connectivity index (χ2n) is 9.35. The molecular weight excluding hydrogens is 366 g/mol. The lowest BCUT2D eigenvalue weighted by Crippen LogP contribution is -2.34. The monoisotopic (exact) mass is 403 g/mol. The van der Waals surface area contributed by atoms with E-state index >= 15 is 0 Å². The molecule has 160 valence electrons. The van der Waals surface area contributed by atoms with Crippen LogP contribution in [0.15, 0.2) is 54.4 Å². The van der Waals surface area contributed by atoms with Crippen LogP contribution < -0.4 is 0 Å². The Morgan fingerprint density at radius 1 is 1.10 bits per heavy atom. The van der Waals surface area contributed by atoms with Crippen molar-refractivity contribution in [2.75, 3.05) is 13.1 Å². The van der Waals surface area contributed by atoms with Crippen LogP contribution in [0, 0.1) is 19.8 Å². The molecule has 0 spiro atoms. The zero-order chi connectivity index (χ0) is 21.1. The molecule has 1 aromatic carbocycles. The van der Waals surface area contributed by atoms with E-state index in [2.05, 4.69) is 67.3 Å². The van der Waals surface area contributed by atoms with Crippen LogP contribution in [0.25, 0.3) is 5.69 Å². The summed E-state index contributed by atoms with van der Waals surface area (Å²) in [4.78, 5) is 7.69. The van der Waals surface area contributed by atoms with Crippen LogP contribution in [0.4, 0.5) is 0 Å². The molecule has 1 aliphatic carbocycles. The molecule has 0 bridgehead atoms. The molecule has 1 aromatic heterocycles. The summed E-state index contributed by atoms with van der Waals surface area (Å²) < 4.78 is 2.37. The van der Waals surface area contributed by atoms with Gasteiger partial charge in [-0.1, -0.05) is 49.3 Å². The quantitative estimate of drug-likeness (QED) is 0.517. The number of aryl methyl sites for hydroxylation is 2. The molecule has 1 unspecified atom stereocenters. The summed E-state index contributed by atoms with van der Waals surface area (Å²) in [5, 5.41) is 0. The number of para-hydroxylation sites is 1. The summed E-state index contributed by atoms with van der Waals surface area (Å²) in [6.45, 7) is 13.2. The summed E-state index contributed by atoms with van der Waals surface area (Å²) >= 11 is 0. The van der Waals surface area contributed by atoms with Crippen LogP contribution >= 0.6 is 0 Å². The van der Waals surface area contributed by atoms with Gasteiger partial charge < -0.3 is 4.57 Å². The molecule has 3 heteroatoms. The first-order valence-electron chi connectivity index (χ1n) is 11.7. The highest BCUT2D eigenvalue weighted by Gasteiger charge is 2.31. The molecule has 1 saturated heterocycles. The van der Waals surface area contributed by atoms with Crippen molar-refractivity contribution in [1.29, 1.82) is 0 Å². The first kappa shape index (κ1) is 21.1. The number of hydrogen-bond acceptors (Lipinski definition) is 2. The van der Waals surface area contributed by atoms with Gasteiger partial charge in [-0.3, -0.25) is 4.90 Å². The maximum atomic E-state index is 4.97. The highest BCUT2D eigenvalue weighted by Crippen LogP contribution is 2.39. The molecule has 1 fully saturated rings. The normalized spacial score (nSPS) is 21.7. The molecule has 30 heavy (non-hydrogen) atoms. The minimum absolute atomic E-state index is 0.281. The van der Waals surface area contributed by atoms with Gasteiger partial charge in [0, 0.05) is 12.4 Å². The largest absolute Gasteiger partial charge is 0.302 e. The van der Waals surface area contributed by atoms with Crippen LogP contribution in [0.3, 0.4) is 0 Å². The topological polar surface area (TPSA) is 21.1 Å². The summed E-state index contributed by atoms with van der Waals surface area (Å²) in [5.74, 6) is 1.83. The lowest BCUT2D eigenvalue weighted by Gasteiger charge is -2.35. The zero-order valence-corrected chi connectivity index (χ0v) is 19.0. The molecular formula is C27H37N3. The molecule has 0 amide bonds. The lowest BCUT2D eigenvalue weighted by molar-refractivity contribution is 0.215. The molecule has 2 aromatic rings. The van der Waals surface area contributed by atoms with Crippen molar-refractivity contribution in [2.24, 2.45) is 5.92 Å². The number of allylic oxidation sites excluding steroid dienone is 2. The standard InChI is InChI=1S/C27H37N3/c1-20(2)23-12-14-24(15-13-23)26(29-17-7-5-6-8-18-29)27-28-16-19-30(27)25-21(3)10-9-11-22(25)4/h9-11,14,16,19,23,26H,1,5-8,12-13,15,17-18H2,2-4H3/t23-,26?/m1/s1. The van der Waals surface area contributed by atoms with Crippen LogP contribution in [0.2, 0.25) is 0 Å². The fraction of sp³-hybridized carbons (Fsp3) is 0.519. The van der Waals surface area contributed by atoms with Gasteiger partial charge in [-0.2, -0.15) is 0 Å². The maximum absolute atomic E-state index is 4.97. The van der Waals surface area contributed by atoms with Gasteiger partial charge in [0.2, 0.25) is 0 Å². The van der Waals surface area contributed by atoms with Crippen molar-refractivity contribution in [3.05, 3.63) is 71.3 Å². The molecule has 0 radical (unpaired) electrons. The van der Waals surface area contributed by atoms with Crippen molar-refractivity contribution >= 4 is 0 Å². The van der Waals surface area contributed by atoms with Crippen molar-refractivity contribution in [3.63, 3.8) is 0 Å². The van der Waals surface area contributed by atoms with E-state index in [1.54, 1.807) is 5.57 Å². The van der Waals surface area contributed by atoms with Crippen molar-refractivity contribution < 1.29 is 0 Å². The molecule has 1 aliphatic heterocycles. The Balaban J connectivity index is 1.76. The molecule has 2 atom stereocenters. The average Bonchev–Trinajstić information content (AvgIpc) is 3.03. The predicted molar refractivity (Wildman–Crippen MR) is 126 cm³/mol. The summed E-state index contributed by atoms with van der Waals surface area (Å²) in [7, 11) is 0. The van der Waals surface area contributed by atoms with E-state index in [0.717, 1.165) is 12.8 Å². The van der Waals surface area contributed by atoms with Gasteiger partial charge >= 0.3 is 0 Å². The SMILES string of the molecule is C=C(C)[C@@H]1CC=C(C(c2nccn2-c2c(C)cccc2C)N2CCCCCC2)CC1. The Kier molecular flexibility index (Phi) is 6.58. The summed E-state index contributed by atoms with van der Waals surface area (Å²) in [6.07, 6.45) is 15.5. The second kappa shape index (κ2) is 9.34. The number of rotatable bonds is 5. The van der Waals surface area contributed by atoms with Crippen LogP contribution in [-0.4, -0.2) is 27.5 Å². The number of imidazole rings is 1. The zero-order valence-electron chi connectivity index (χ0n) is 19.0. The van der Waals surface area contributed by atoms with Gasteiger partial charge in [-0.25, -0.2) is 4.98 Å². The molecule has 2 aliphatic rings. The minimum atomic E-state index is 0.281. The predicted octanol–water partition coefficient (Wildman–Crippen LogP) is 6.71. The fourth-order valence-electron chi connectivity index (χ4n) is 5.36. The summed E-state index contributed by atoms with van der Waals surface area (Å²) in [6, 6.07) is 6.86. The van der Waals surface area contributed by atoms with Gasteiger partial charge in [0.05, 0.1) is 11.7 Å². The fourth-order valence-corrected chi connectivity index (χ4v) is 5.36. The van der Waals surface area contributed by atoms with Gasteiger partial charge in [0.15, 0.2) is 0 Å². The Hall–Kier alpha value is -2.13. The van der Waals surface area contributed by atoms with E-state index in [4.69, 9.17) is 4.98 Å². The van der Waals surface area contributed by atoms with Gasteiger partial charge in [-0.15, -0.1) is 0 Å². The Bertz CT molecular complexity index is 892. The number of aromatic nitrogens is 2. The van der Waals surface area contributed by atoms with Crippen molar-refractivity contribution in [2.45, 2.75) is 71.8 Å². The number of likely N-dealkylation sites (tertiary alicyclic amines) is 1. The molecule has 3 nitrogen and oxygen atoms in total. The van der Waals surface area contributed by atoms with Crippen LogP contribution in [-0.2, 0) is 0 Å². The summed E-state index contributed by atoms with van der Waals surface area (Å²) in [5.41, 5.74) is 6.80. The smallest absolute Gasteiger partial charge is 0.134 e. The Morgan fingerprint density at radius 2 is 1.80 bits per heavy atom. The molecule has 0 N–H and O–H groups in total. The maximum Gasteiger partial charge on any atom is 0.134 e. The number of hydrogen-bond donors (Lipinski definition) is 0. The highest BCUT2D eigenvalue weighted by molar-refractivity contribution is 5.48. The first-order valence-corrected chi connectivity index (χ1v) is 11.7. The van der Waals surface area contributed by atoms with E-state index in [1.807, 2.05) is 6.20 Å². The second-order valence-corrected chi connectivity index (χ2v) is 9.35. The Labute approximate surface area is 182 Å². The van der Waals surface area contributed by atoms with E-state index in [9.17, 15) is 0 Å².